The van der Waals surface area contributed by atoms with Crippen molar-refractivity contribution in [2.75, 3.05) is 31.6 Å². The van der Waals surface area contributed by atoms with Crippen LogP contribution in [0.2, 0.25) is 5.15 Å². The van der Waals surface area contributed by atoms with E-state index in [2.05, 4.69) is 28.8 Å². The second kappa shape index (κ2) is 4.04. The first-order chi connectivity index (χ1) is 6.66. The Kier molecular flexibility index (Phi) is 2.95. The van der Waals surface area contributed by atoms with Crippen LogP contribution in [0.1, 0.15) is 6.92 Å². The van der Waals surface area contributed by atoms with Crippen molar-refractivity contribution < 1.29 is 0 Å². The Labute approximate surface area is 93.3 Å². The van der Waals surface area contributed by atoms with Gasteiger partial charge in [-0.2, -0.15) is 0 Å². The number of hydrogen-bond acceptors (Lipinski definition) is 4. The average Bonchev–Trinajstić information content (AvgIpc) is 2.57. The molecule has 1 saturated heterocycles. The molecule has 0 aromatic carbocycles. The molecule has 0 saturated carbocycles. The van der Waals surface area contributed by atoms with Crippen LogP contribution in [0.25, 0.3) is 0 Å². The van der Waals surface area contributed by atoms with E-state index in [-0.39, 0.29) is 0 Å². The highest BCUT2D eigenvalue weighted by Gasteiger charge is 2.22. The molecular formula is C9H14ClN3S. The molecule has 0 bridgehead atoms. The number of nitrogens with zero attached hydrogens (tertiary/aromatic N) is 3. The minimum Gasteiger partial charge on any atom is -0.345 e. The van der Waals surface area contributed by atoms with Gasteiger partial charge in [-0.3, -0.25) is 0 Å². The summed E-state index contributed by atoms with van der Waals surface area (Å²) in [6.07, 6.45) is 0. The Hall–Kier alpha value is -0.320. The number of piperazine rings is 1. The SMILES string of the molecule is CC1CN(c2nc(Cl)cs2)CCN1C. The van der Waals surface area contributed by atoms with Gasteiger partial charge in [-0.15, -0.1) is 11.3 Å². The highest BCUT2D eigenvalue weighted by atomic mass is 35.5. The Bertz CT molecular complexity index is 315. The van der Waals surface area contributed by atoms with Gasteiger partial charge in [0.05, 0.1) is 0 Å². The minimum absolute atomic E-state index is 0.589. The molecule has 2 heterocycles. The van der Waals surface area contributed by atoms with E-state index in [1.807, 2.05) is 5.38 Å². The topological polar surface area (TPSA) is 19.4 Å². The monoisotopic (exact) mass is 231 g/mol. The van der Waals surface area contributed by atoms with E-state index in [0.29, 0.717) is 11.2 Å². The first-order valence-corrected chi connectivity index (χ1v) is 5.99. The number of aromatic nitrogens is 1. The van der Waals surface area contributed by atoms with Crippen molar-refractivity contribution in [1.29, 1.82) is 0 Å². The second-order valence-electron chi connectivity index (χ2n) is 3.73. The van der Waals surface area contributed by atoms with Gasteiger partial charge in [0.2, 0.25) is 0 Å². The fourth-order valence-electron chi connectivity index (χ4n) is 1.61. The first-order valence-electron chi connectivity index (χ1n) is 4.73. The van der Waals surface area contributed by atoms with Gasteiger partial charge in [0.15, 0.2) is 5.13 Å². The van der Waals surface area contributed by atoms with E-state index in [4.69, 9.17) is 11.6 Å². The van der Waals surface area contributed by atoms with Crippen molar-refractivity contribution >= 4 is 28.1 Å². The zero-order valence-corrected chi connectivity index (χ0v) is 9.98. The van der Waals surface area contributed by atoms with Crippen LogP contribution in [-0.2, 0) is 0 Å². The quantitative estimate of drug-likeness (QED) is 0.737. The number of hydrogen-bond donors (Lipinski definition) is 0. The standard InChI is InChI=1S/C9H14ClN3S/c1-7-5-13(4-3-12(7)2)9-11-8(10)6-14-9/h6-7H,3-5H2,1-2H3. The molecule has 1 fully saturated rings. The van der Waals surface area contributed by atoms with E-state index >= 15 is 0 Å². The van der Waals surface area contributed by atoms with E-state index in [9.17, 15) is 0 Å². The van der Waals surface area contributed by atoms with Crippen molar-refractivity contribution in [2.45, 2.75) is 13.0 Å². The van der Waals surface area contributed by atoms with Crippen molar-refractivity contribution in [3.05, 3.63) is 10.5 Å². The average molecular weight is 232 g/mol. The molecule has 2 rings (SSSR count). The lowest BCUT2D eigenvalue weighted by atomic mass is 10.2. The van der Waals surface area contributed by atoms with Crippen LogP contribution in [0.4, 0.5) is 5.13 Å². The van der Waals surface area contributed by atoms with Crippen LogP contribution in [0.15, 0.2) is 5.38 Å². The third kappa shape index (κ3) is 2.02. The van der Waals surface area contributed by atoms with Crippen molar-refractivity contribution in [1.82, 2.24) is 9.88 Å². The Morgan fingerprint density at radius 1 is 1.57 bits per heavy atom. The van der Waals surface area contributed by atoms with Gasteiger partial charge >= 0.3 is 0 Å². The minimum atomic E-state index is 0.589. The summed E-state index contributed by atoms with van der Waals surface area (Å²) in [5.41, 5.74) is 0. The summed E-state index contributed by atoms with van der Waals surface area (Å²) < 4.78 is 0. The predicted octanol–water partition coefficient (Wildman–Crippen LogP) is 1.94. The maximum absolute atomic E-state index is 5.81. The predicted molar refractivity (Wildman–Crippen MR) is 61.4 cm³/mol. The molecule has 0 spiro atoms. The molecule has 1 aromatic rings. The molecule has 14 heavy (non-hydrogen) atoms. The molecule has 0 amide bonds. The molecule has 1 aliphatic rings. The van der Waals surface area contributed by atoms with Gasteiger partial charge in [0, 0.05) is 31.1 Å². The molecule has 1 atom stereocenters. The highest BCUT2D eigenvalue weighted by molar-refractivity contribution is 7.14. The zero-order chi connectivity index (χ0) is 10.1. The summed E-state index contributed by atoms with van der Waals surface area (Å²) in [7, 11) is 2.16. The van der Waals surface area contributed by atoms with Crippen molar-refractivity contribution in [3.8, 4) is 0 Å². The molecule has 78 valence electrons. The maximum Gasteiger partial charge on any atom is 0.186 e. The van der Waals surface area contributed by atoms with Crippen LogP contribution in [0.5, 0.6) is 0 Å². The van der Waals surface area contributed by atoms with Crippen molar-refractivity contribution in [2.24, 2.45) is 0 Å². The van der Waals surface area contributed by atoms with E-state index < -0.39 is 0 Å². The lowest BCUT2D eigenvalue weighted by Gasteiger charge is -2.37. The third-order valence-corrected chi connectivity index (χ3v) is 3.92. The lowest BCUT2D eigenvalue weighted by molar-refractivity contribution is 0.234. The lowest BCUT2D eigenvalue weighted by Crippen LogP contribution is -2.50. The van der Waals surface area contributed by atoms with Gasteiger partial charge in [0.1, 0.15) is 5.15 Å². The van der Waals surface area contributed by atoms with Gasteiger partial charge in [0.25, 0.3) is 0 Å². The van der Waals surface area contributed by atoms with E-state index in [1.165, 1.54) is 0 Å². The van der Waals surface area contributed by atoms with Crippen LogP contribution in [0, 0.1) is 0 Å². The van der Waals surface area contributed by atoms with Crippen LogP contribution >= 0.6 is 22.9 Å². The largest absolute Gasteiger partial charge is 0.345 e. The molecule has 1 aromatic heterocycles. The maximum atomic E-state index is 5.81. The smallest absolute Gasteiger partial charge is 0.186 e. The molecule has 3 nitrogen and oxygen atoms in total. The number of rotatable bonds is 1. The van der Waals surface area contributed by atoms with Crippen LogP contribution in [-0.4, -0.2) is 42.6 Å². The molecule has 0 aliphatic carbocycles. The number of likely N-dealkylation sites (N-methyl/N-ethyl adjacent to an activating group) is 1. The number of anilines is 1. The number of halogens is 1. The summed E-state index contributed by atoms with van der Waals surface area (Å²) in [6.45, 7) is 5.42. The van der Waals surface area contributed by atoms with E-state index in [0.717, 1.165) is 24.8 Å². The fourth-order valence-corrected chi connectivity index (χ4v) is 2.60. The van der Waals surface area contributed by atoms with Crippen LogP contribution < -0.4 is 4.90 Å². The van der Waals surface area contributed by atoms with Gasteiger partial charge in [-0.1, -0.05) is 11.6 Å². The van der Waals surface area contributed by atoms with E-state index in [1.54, 1.807) is 11.3 Å². The zero-order valence-electron chi connectivity index (χ0n) is 8.40. The fraction of sp³-hybridized carbons (Fsp3) is 0.667. The highest BCUT2D eigenvalue weighted by Crippen LogP contribution is 2.25. The Balaban J connectivity index is 2.06. The summed E-state index contributed by atoms with van der Waals surface area (Å²) in [5, 5.41) is 3.55. The van der Waals surface area contributed by atoms with Gasteiger partial charge in [-0.05, 0) is 14.0 Å². The second-order valence-corrected chi connectivity index (χ2v) is 4.95. The summed E-state index contributed by atoms with van der Waals surface area (Å²) in [5.74, 6) is 0. The van der Waals surface area contributed by atoms with Gasteiger partial charge in [-0.25, -0.2) is 4.98 Å². The molecule has 0 N–H and O–H groups in total. The normalized spacial score (nSPS) is 24.2. The molecule has 1 unspecified atom stereocenters. The first kappa shape index (κ1) is 10.2. The third-order valence-electron chi connectivity index (χ3n) is 2.69. The van der Waals surface area contributed by atoms with Crippen LogP contribution in [0.3, 0.4) is 0 Å². The van der Waals surface area contributed by atoms with Gasteiger partial charge < -0.3 is 9.80 Å². The Morgan fingerprint density at radius 2 is 2.36 bits per heavy atom. The summed E-state index contributed by atoms with van der Waals surface area (Å²) >= 11 is 7.43. The van der Waals surface area contributed by atoms with Crippen molar-refractivity contribution in [3.63, 3.8) is 0 Å². The summed E-state index contributed by atoms with van der Waals surface area (Å²) in [4.78, 5) is 8.96. The molecule has 0 radical (unpaired) electrons. The molecule has 5 heteroatoms. The summed E-state index contributed by atoms with van der Waals surface area (Å²) in [6, 6.07) is 0.589. The molecular weight excluding hydrogens is 218 g/mol. The number of thiazole rings is 1. The molecule has 1 aliphatic heterocycles. The Morgan fingerprint density at radius 3 is 2.93 bits per heavy atom.